The zero-order chi connectivity index (χ0) is 19.8. The van der Waals surface area contributed by atoms with E-state index in [-0.39, 0.29) is 17.1 Å². The molecule has 2 aromatic rings. The van der Waals surface area contributed by atoms with Crippen molar-refractivity contribution in [1.82, 2.24) is 10.2 Å². The van der Waals surface area contributed by atoms with E-state index in [4.69, 9.17) is 21.1 Å². The summed E-state index contributed by atoms with van der Waals surface area (Å²) < 4.78 is 24.5. The molecule has 1 unspecified atom stereocenters. The van der Waals surface area contributed by atoms with Gasteiger partial charge in [0.2, 0.25) is 0 Å². The lowest BCUT2D eigenvalue weighted by Gasteiger charge is -2.23. The monoisotopic (exact) mass is 392 g/mol. The first-order valence-corrected chi connectivity index (χ1v) is 8.49. The highest BCUT2D eigenvalue weighted by molar-refractivity contribution is 6.31. The largest absolute Gasteiger partial charge is 0.493 e. The Morgan fingerprint density at radius 2 is 1.85 bits per heavy atom. The second-order valence-electron chi connectivity index (χ2n) is 6.22. The number of rotatable bonds is 5. The van der Waals surface area contributed by atoms with Crippen LogP contribution in [-0.4, -0.2) is 31.1 Å². The van der Waals surface area contributed by atoms with E-state index in [1.807, 2.05) is 0 Å². The van der Waals surface area contributed by atoms with Crippen LogP contribution in [0.3, 0.4) is 0 Å². The van der Waals surface area contributed by atoms with Gasteiger partial charge in [-0.2, -0.15) is 0 Å². The maximum absolute atomic E-state index is 14.1. The molecule has 27 heavy (non-hydrogen) atoms. The van der Waals surface area contributed by atoms with Gasteiger partial charge in [0.1, 0.15) is 11.4 Å². The van der Waals surface area contributed by atoms with Gasteiger partial charge in [-0.3, -0.25) is 9.69 Å². The molecular formula is C19H18ClFN2O4. The highest BCUT2D eigenvalue weighted by Crippen LogP contribution is 2.36. The van der Waals surface area contributed by atoms with Crippen molar-refractivity contribution in [2.24, 2.45) is 0 Å². The van der Waals surface area contributed by atoms with E-state index in [2.05, 4.69) is 5.32 Å². The van der Waals surface area contributed by atoms with Crippen LogP contribution in [0.25, 0.3) is 0 Å². The van der Waals surface area contributed by atoms with Gasteiger partial charge in [0.25, 0.3) is 5.91 Å². The molecule has 3 rings (SSSR count). The summed E-state index contributed by atoms with van der Waals surface area (Å²) in [5.74, 6) is -0.174. The third-order valence-electron chi connectivity index (χ3n) is 4.61. The number of methoxy groups -OCH3 is 2. The molecule has 6 nitrogen and oxygen atoms in total. The standard InChI is InChI=1S/C19H18ClFN2O4/c1-19(11-7-8-15(26-2)16(9-11)27-3)17(24)23(18(25)22-19)10-12-13(20)5-4-6-14(12)21/h4-9H,10H2,1-3H3,(H,22,25). The molecule has 142 valence electrons. The van der Waals surface area contributed by atoms with Crippen LogP contribution in [0.1, 0.15) is 18.1 Å². The summed E-state index contributed by atoms with van der Waals surface area (Å²) in [5.41, 5.74) is -0.728. The van der Waals surface area contributed by atoms with Crippen molar-refractivity contribution in [1.29, 1.82) is 0 Å². The molecule has 1 N–H and O–H groups in total. The molecule has 1 aliphatic heterocycles. The van der Waals surface area contributed by atoms with Crippen molar-refractivity contribution in [3.8, 4) is 11.5 Å². The van der Waals surface area contributed by atoms with Crippen molar-refractivity contribution >= 4 is 23.5 Å². The second-order valence-corrected chi connectivity index (χ2v) is 6.62. The molecule has 0 saturated carbocycles. The molecule has 1 saturated heterocycles. The summed E-state index contributed by atoms with van der Waals surface area (Å²) >= 11 is 6.02. The molecule has 0 aromatic heterocycles. The lowest BCUT2D eigenvalue weighted by Crippen LogP contribution is -2.40. The van der Waals surface area contributed by atoms with E-state index in [0.29, 0.717) is 17.1 Å². The summed E-state index contributed by atoms with van der Waals surface area (Å²) in [6, 6.07) is 8.50. The predicted octanol–water partition coefficient (Wildman–Crippen LogP) is 3.46. The van der Waals surface area contributed by atoms with Crippen LogP contribution in [-0.2, 0) is 16.9 Å². The summed E-state index contributed by atoms with van der Waals surface area (Å²) in [6.07, 6.45) is 0. The Balaban J connectivity index is 1.95. The van der Waals surface area contributed by atoms with E-state index < -0.39 is 23.3 Å². The summed E-state index contributed by atoms with van der Waals surface area (Å²) in [4.78, 5) is 26.4. The maximum Gasteiger partial charge on any atom is 0.325 e. The third kappa shape index (κ3) is 3.19. The molecule has 3 amide bonds. The first-order chi connectivity index (χ1) is 12.8. The van der Waals surface area contributed by atoms with Crippen LogP contribution in [0.2, 0.25) is 5.02 Å². The molecule has 1 heterocycles. The van der Waals surface area contributed by atoms with E-state index in [9.17, 15) is 14.0 Å². The van der Waals surface area contributed by atoms with Gasteiger partial charge < -0.3 is 14.8 Å². The van der Waals surface area contributed by atoms with Crippen LogP contribution in [0, 0.1) is 5.82 Å². The SMILES string of the molecule is COc1ccc(C2(C)NC(=O)N(Cc3c(F)cccc3Cl)C2=O)cc1OC. The maximum atomic E-state index is 14.1. The van der Waals surface area contributed by atoms with Gasteiger partial charge in [0.05, 0.1) is 20.8 Å². The number of amides is 3. The quantitative estimate of drug-likeness (QED) is 0.791. The number of carbonyl (C=O) groups excluding carboxylic acids is 2. The molecule has 0 aliphatic carbocycles. The van der Waals surface area contributed by atoms with Crippen LogP contribution in [0.5, 0.6) is 11.5 Å². The fourth-order valence-electron chi connectivity index (χ4n) is 3.02. The Kier molecular flexibility index (Phi) is 4.97. The number of urea groups is 1. The Hall–Kier alpha value is -2.80. The Bertz CT molecular complexity index is 900. The molecular weight excluding hydrogens is 375 g/mol. The third-order valence-corrected chi connectivity index (χ3v) is 4.97. The Morgan fingerprint density at radius 3 is 2.48 bits per heavy atom. The number of nitrogens with one attached hydrogen (secondary N) is 1. The molecule has 0 radical (unpaired) electrons. The molecule has 0 spiro atoms. The number of carbonyl (C=O) groups is 2. The smallest absolute Gasteiger partial charge is 0.325 e. The minimum absolute atomic E-state index is 0.0826. The number of hydrogen-bond acceptors (Lipinski definition) is 4. The lowest BCUT2D eigenvalue weighted by molar-refractivity contribution is -0.131. The molecule has 1 fully saturated rings. The van der Waals surface area contributed by atoms with E-state index >= 15 is 0 Å². The van der Waals surface area contributed by atoms with Crippen molar-refractivity contribution in [3.05, 3.63) is 58.4 Å². The minimum Gasteiger partial charge on any atom is -0.493 e. The van der Waals surface area contributed by atoms with Crippen molar-refractivity contribution in [2.75, 3.05) is 14.2 Å². The van der Waals surface area contributed by atoms with Gasteiger partial charge in [-0.15, -0.1) is 0 Å². The fraction of sp³-hybridized carbons (Fsp3) is 0.263. The van der Waals surface area contributed by atoms with Crippen LogP contribution in [0.4, 0.5) is 9.18 Å². The minimum atomic E-state index is -1.33. The zero-order valence-corrected chi connectivity index (χ0v) is 15.8. The van der Waals surface area contributed by atoms with Crippen molar-refractivity contribution in [3.63, 3.8) is 0 Å². The number of halogens is 2. The summed E-state index contributed by atoms with van der Waals surface area (Å²) in [7, 11) is 2.98. The number of hydrogen-bond donors (Lipinski definition) is 1. The first-order valence-electron chi connectivity index (χ1n) is 8.11. The molecule has 8 heteroatoms. The van der Waals surface area contributed by atoms with Gasteiger partial charge in [-0.1, -0.05) is 23.7 Å². The van der Waals surface area contributed by atoms with Gasteiger partial charge >= 0.3 is 6.03 Å². The van der Waals surface area contributed by atoms with E-state index in [1.165, 1.54) is 32.4 Å². The fourth-order valence-corrected chi connectivity index (χ4v) is 3.25. The highest BCUT2D eigenvalue weighted by Gasteiger charge is 2.49. The number of nitrogens with zero attached hydrogens (tertiary/aromatic N) is 1. The van der Waals surface area contributed by atoms with Crippen LogP contribution in [0.15, 0.2) is 36.4 Å². The zero-order valence-electron chi connectivity index (χ0n) is 15.0. The van der Waals surface area contributed by atoms with Gasteiger partial charge in [0.15, 0.2) is 11.5 Å². The average molecular weight is 393 g/mol. The van der Waals surface area contributed by atoms with E-state index in [0.717, 1.165) is 4.90 Å². The summed E-state index contributed by atoms with van der Waals surface area (Å²) in [5, 5.41) is 2.82. The number of imide groups is 1. The van der Waals surface area contributed by atoms with Gasteiger partial charge in [0, 0.05) is 10.6 Å². The number of benzene rings is 2. The molecule has 2 aromatic carbocycles. The normalized spacial score (nSPS) is 19.2. The lowest BCUT2D eigenvalue weighted by atomic mass is 9.91. The molecule has 1 aliphatic rings. The summed E-state index contributed by atoms with van der Waals surface area (Å²) in [6.45, 7) is 1.32. The first kappa shape index (κ1) is 19.0. The van der Waals surface area contributed by atoms with Crippen LogP contribution >= 0.6 is 11.6 Å². The van der Waals surface area contributed by atoms with Crippen LogP contribution < -0.4 is 14.8 Å². The second kappa shape index (κ2) is 7.08. The topological polar surface area (TPSA) is 67.9 Å². The highest BCUT2D eigenvalue weighted by atomic mass is 35.5. The van der Waals surface area contributed by atoms with E-state index in [1.54, 1.807) is 25.1 Å². The molecule has 0 bridgehead atoms. The predicted molar refractivity (Wildman–Crippen MR) is 97.4 cm³/mol. The van der Waals surface area contributed by atoms with Gasteiger partial charge in [-0.25, -0.2) is 9.18 Å². The average Bonchev–Trinajstić information content (AvgIpc) is 2.87. The Morgan fingerprint density at radius 1 is 1.15 bits per heavy atom. The number of ether oxygens (including phenoxy) is 2. The molecule has 1 atom stereocenters. The van der Waals surface area contributed by atoms with Crippen molar-refractivity contribution in [2.45, 2.75) is 19.0 Å². The Labute approximate surface area is 160 Å². The van der Waals surface area contributed by atoms with Gasteiger partial charge in [-0.05, 0) is 36.8 Å². The van der Waals surface area contributed by atoms with Crippen molar-refractivity contribution < 1.29 is 23.5 Å².